The molecule has 0 spiro atoms. The molecular weight excluding hydrogens is 234 g/mol. The summed E-state index contributed by atoms with van der Waals surface area (Å²) in [6, 6.07) is 8.05. The average Bonchev–Trinajstić information content (AvgIpc) is 2.36. The van der Waals surface area contributed by atoms with Crippen LogP contribution in [0.2, 0.25) is 0 Å². The van der Waals surface area contributed by atoms with Gasteiger partial charge in [-0.1, -0.05) is 43.0 Å². The number of ether oxygens (including phenoxy) is 1. The van der Waals surface area contributed by atoms with Gasteiger partial charge in [0.25, 0.3) is 0 Å². The molecule has 0 aliphatic rings. The molecule has 5 heteroatoms. The summed E-state index contributed by atoms with van der Waals surface area (Å²) in [6.45, 7) is 3.44. The van der Waals surface area contributed by atoms with Crippen molar-refractivity contribution in [1.82, 2.24) is 5.32 Å². The Balaban J connectivity index is 2.58. The molecular formula is C13H15NO4. The van der Waals surface area contributed by atoms with Crippen LogP contribution in [0.5, 0.6) is 0 Å². The summed E-state index contributed by atoms with van der Waals surface area (Å²) in [6.07, 6.45) is 0.851. The largest absolute Gasteiger partial charge is 0.480 e. The van der Waals surface area contributed by atoms with E-state index in [1.165, 1.54) is 6.08 Å². The molecule has 18 heavy (non-hydrogen) atoms. The van der Waals surface area contributed by atoms with Crippen molar-refractivity contribution >= 4 is 12.1 Å². The first-order valence-electron chi connectivity index (χ1n) is 5.44. The number of amides is 1. The zero-order valence-electron chi connectivity index (χ0n) is 9.83. The molecule has 2 N–H and O–H groups in total. The van der Waals surface area contributed by atoms with Crippen LogP contribution in [0, 0.1) is 0 Å². The van der Waals surface area contributed by atoms with Gasteiger partial charge < -0.3 is 15.2 Å². The van der Waals surface area contributed by atoms with Gasteiger partial charge in [0.1, 0.15) is 12.6 Å². The number of aliphatic carboxylic acids is 1. The van der Waals surface area contributed by atoms with E-state index in [2.05, 4.69) is 16.6 Å². The molecule has 0 unspecified atom stereocenters. The maximum Gasteiger partial charge on any atom is 0.408 e. The van der Waals surface area contributed by atoms with Crippen molar-refractivity contribution in [2.24, 2.45) is 0 Å². The van der Waals surface area contributed by atoms with E-state index < -0.39 is 18.1 Å². The van der Waals surface area contributed by atoms with Crippen LogP contribution in [0.25, 0.3) is 0 Å². The molecule has 96 valence electrons. The standard InChI is InChI=1S/C13H15NO4/c1-2-8-18-13(17)14-11(12(15)16)9-10-6-4-3-5-7-10/h2-7,11H,1,8-9H2,(H,14,17)(H,15,16)/t11-/m0/s1. The molecule has 5 nitrogen and oxygen atoms in total. The molecule has 0 aliphatic heterocycles. The first-order valence-corrected chi connectivity index (χ1v) is 5.44. The van der Waals surface area contributed by atoms with Gasteiger partial charge >= 0.3 is 12.1 Å². The predicted octanol–water partition coefficient (Wildman–Crippen LogP) is 1.59. The van der Waals surface area contributed by atoms with E-state index in [0.29, 0.717) is 0 Å². The monoisotopic (exact) mass is 249 g/mol. The van der Waals surface area contributed by atoms with Gasteiger partial charge in [-0.2, -0.15) is 0 Å². The van der Waals surface area contributed by atoms with Gasteiger partial charge in [0, 0.05) is 6.42 Å². The summed E-state index contributed by atoms with van der Waals surface area (Å²) in [4.78, 5) is 22.3. The van der Waals surface area contributed by atoms with Crippen molar-refractivity contribution in [2.75, 3.05) is 6.61 Å². The summed E-state index contributed by atoms with van der Waals surface area (Å²) in [5.74, 6) is -1.10. The topological polar surface area (TPSA) is 75.6 Å². The Hall–Kier alpha value is -2.30. The Kier molecular flexibility index (Phi) is 5.44. The highest BCUT2D eigenvalue weighted by atomic mass is 16.5. The molecule has 0 saturated carbocycles. The van der Waals surface area contributed by atoms with Crippen LogP contribution in [0.1, 0.15) is 5.56 Å². The lowest BCUT2D eigenvalue weighted by atomic mass is 10.1. The summed E-state index contributed by atoms with van der Waals surface area (Å²) >= 11 is 0. The van der Waals surface area contributed by atoms with Gasteiger partial charge in [-0.25, -0.2) is 9.59 Å². The van der Waals surface area contributed by atoms with Crippen molar-refractivity contribution in [1.29, 1.82) is 0 Å². The number of carbonyl (C=O) groups excluding carboxylic acids is 1. The summed E-state index contributed by atoms with van der Waals surface area (Å²) in [5.41, 5.74) is 0.828. The summed E-state index contributed by atoms with van der Waals surface area (Å²) < 4.78 is 4.68. The minimum Gasteiger partial charge on any atom is -0.480 e. The molecule has 0 radical (unpaired) electrons. The van der Waals surface area contributed by atoms with Crippen LogP contribution in [-0.4, -0.2) is 29.8 Å². The van der Waals surface area contributed by atoms with Crippen LogP contribution < -0.4 is 5.32 Å². The smallest absolute Gasteiger partial charge is 0.408 e. The number of carboxylic acids is 1. The first kappa shape index (κ1) is 13.8. The predicted molar refractivity (Wildman–Crippen MR) is 66.3 cm³/mol. The number of hydrogen-bond acceptors (Lipinski definition) is 3. The van der Waals surface area contributed by atoms with Gasteiger partial charge in [0.2, 0.25) is 0 Å². The lowest BCUT2D eigenvalue weighted by molar-refractivity contribution is -0.139. The Morgan fingerprint density at radius 2 is 2.06 bits per heavy atom. The van der Waals surface area contributed by atoms with Crippen LogP contribution in [0.15, 0.2) is 43.0 Å². The van der Waals surface area contributed by atoms with Crippen LogP contribution >= 0.6 is 0 Å². The molecule has 1 amide bonds. The summed E-state index contributed by atoms with van der Waals surface area (Å²) in [7, 11) is 0. The third-order valence-electron chi connectivity index (χ3n) is 2.21. The summed E-state index contributed by atoms with van der Waals surface area (Å²) in [5, 5.41) is 11.3. The van der Waals surface area contributed by atoms with Crippen molar-refractivity contribution in [3.05, 3.63) is 48.6 Å². The maximum absolute atomic E-state index is 11.3. The lowest BCUT2D eigenvalue weighted by Crippen LogP contribution is -2.42. The molecule has 0 saturated heterocycles. The second-order valence-electron chi connectivity index (χ2n) is 3.61. The second-order valence-corrected chi connectivity index (χ2v) is 3.61. The fourth-order valence-corrected chi connectivity index (χ4v) is 1.37. The third kappa shape index (κ3) is 4.69. The number of carbonyl (C=O) groups is 2. The van der Waals surface area contributed by atoms with Crippen molar-refractivity contribution < 1.29 is 19.4 Å². The maximum atomic E-state index is 11.3. The van der Waals surface area contributed by atoms with E-state index in [1.54, 1.807) is 12.1 Å². The number of hydrogen-bond donors (Lipinski definition) is 2. The number of nitrogens with one attached hydrogen (secondary N) is 1. The molecule has 0 bridgehead atoms. The third-order valence-corrected chi connectivity index (χ3v) is 2.21. The Morgan fingerprint density at radius 3 is 2.61 bits per heavy atom. The van der Waals surface area contributed by atoms with Gasteiger partial charge in [-0.05, 0) is 5.56 Å². The van der Waals surface area contributed by atoms with E-state index in [1.807, 2.05) is 18.2 Å². The molecule has 0 heterocycles. The van der Waals surface area contributed by atoms with Gasteiger partial charge in [-0.3, -0.25) is 0 Å². The Bertz CT molecular complexity index is 416. The Labute approximate surface area is 105 Å². The molecule has 0 aromatic heterocycles. The van der Waals surface area contributed by atoms with Gasteiger partial charge in [0.15, 0.2) is 0 Å². The fraction of sp³-hybridized carbons (Fsp3) is 0.231. The van der Waals surface area contributed by atoms with Gasteiger partial charge in [-0.15, -0.1) is 0 Å². The quantitative estimate of drug-likeness (QED) is 0.751. The fourth-order valence-electron chi connectivity index (χ4n) is 1.37. The first-order chi connectivity index (χ1) is 8.63. The minimum absolute atomic E-state index is 0.0451. The second kappa shape index (κ2) is 7.11. The van der Waals surface area contributed by atoms with E-state index in [9.17, 15) is 9.59 Å². The van der Waals surface area contributed by atoms with Crippen molar-refractivity contribution in [3.8, 4) is 0 Å². The lowest BCUT2D eigenvalue weighted by Gasteiger charge is -2.14. The number of alkyl carbamates (subject to hydrolysis) is 1. The van der Waals surface area contributed by atoms with Crippen LogP contribution in [0.3, 0.4) is 0 Å². The SMILES string of the molecule is C=CCOC(=O)N[C@@H](Cc1ccccc1)C(=O)O. The van der Waals surface area contributed by atoms with E-state index >= 15 is 0 Å². The van der Waals surface area contributed by atoms with E-state index in [4.69, 9.17) is 5.11 Å². The highest BCUT2D eigenvalue weighted by molar-refractivity contribution is 5.80. The Morgan fingerprint density at radius 1 is 1.39 bits per heavy atom. The normalized spacial score (nSPS) is 11.3. The molecule has 1 rings (SSSR count). The zero-order valence-corrected chi connectivity index (χ0v) is 9.83. The molecule has 0 aliphatic carbocycles. The molecule has 1 aromatic carbocycles. The highest BCUT2D eigenvalue weighted by Gasteiger charge is 2.20. The average molecular weight is 249 g/mol. The number of rotatable bonds is 6. The molecule has 1 atom stereocenters. The molecule has 0 fully saturated rings. The van der Waals surface area contributed by atoms with Crippen molar-refractivity contribution in [2.45, 2.75) is 12.5 Å². The zero-order chi connectivity index (χ0) is 13.4. The van der Waals surface area contributed by atoms with Crippen LogP contribution in [0.4, 0.5) is 4.79 Å². The van der Waals surface area contributed by atoms with E-state index in [0.717, 1.165) is 5.56 Å². The number of benzene rings is 1. The minimum atomic E-state index is -1.10. The van der Waals surface area contributed by atoms with Gasteiger partial charge in [0.05, 0.1) is 0 Å². The number of carboxylic acid groups (broad SMARTS) is 1. The molecule has 1 aromatic rings. The van der Waals surface area contributed by atoms with Crippen LogP contribution in [-0.2, 0) is 16.0 Å². The van der Waals surface area contributed by atoms with Crippen molar-refractivity contribution in [3.63, 3.8) is 0 Å². The van der Waals surface area contributed by atoms with E-state index in [-0.39, 0.29) is 13.0 Å². The highest BCUT2D eigenvalue weighted by Crippen LogP contribution is 2.03.